The number of hydrogen-bond acceptors (Lipinski definition) is 7. The number of nitrogens with zero attached hydrogens (tertiary/aromatic N) is 3. The highest BCUT2D eigenvalue weighted by Crippen LogP contribution is 2.14. The van der Waals surface area contributed by atoms with E-state index in [-0.39, 0.29) is 30.4 Å². The monoisotopic (exact) mass is 264 g/mol. The highest BCUT2D eigenvalue weighted by atomic mass is 16.5. The van der Waals surface area contributed by atoms with Crippen molar-refractivity contribution in [3.8, 4) is 0 Å². The maximum absolute atomic E-state index is 11.8. The van der Waals surface area contributed by atoms with Crippen LogP contribution in [0.3, 0.4) is 0 Å². The molecule has 0 aliphatic heterocycles. The summed E-state index contributed by atoms with van der Waals surface area (Å²) in [4.78, 5) is 31.2. The first-order valence-corrected chi connectivity index (χ1v) is 5.72. The van der Waals surface area contributed by atoms with Gasteiger partial charge >= 0.3 is 11.9 Å². The summed E-state index contributed by atoms with van der Waals surface area (Å²) in [6.07, 6.45) is 1.40. The number of carbonyl (C=O) groups excluding carboxylic acids is 2. The molecular formula is C11H12N4O4. The van der Waals surface area contributed by atoms with Crippen LogP contribution in [0.4, 0.5) is 0 Å². The van der Waals surface area contributed by atoms with Gasteiger partial charge in [0, 0.05) is 0 Å². The lowest BCUT2D eigenvalue weighted by molar-refractivity contribution is 0.0507. The molecule has 0 radical (unpaired) electrons. The number of nitrogens with one attached hydrogen (secondary N) is 1. The van der Waals surface area contributed by atoms with Gasteiger partial charge in [0.1, 0.15) is 0 Å². The quantitative estimate of drug-likeness (QED) is 0.810. The highest BCUT2D eigenvalue weighted by molar-refractivity contribution is 6.01. The van der Waals surface area contributed by atoms with Crippen LogP contribution in [-0.4, -0.2) is 45.3 Å². The highest BCUT2D eigenvalue weighted by Gasteiger charge is 2.21. The van der Waals surface area contributed by atoms with Crippen molar-refractivity contribution in [3.63, 3.8) is 0 Å². The molecule has 0 aliphatic rings. The lowest BCUT2D eigenvalue weighted by Crippen LogP contribution is -2.15. The molecule has 19 heavy (non-hydrogen) atoms. The molecule has 0 spiro atoms. The van der Waals surface area contributed by atoms with E-state index in [9.17, 15) is 9.59 Å². The minimum Gasteiger partial charge on any atom is -0.461 e. The van der Waals surface area contributed by atoms with E-state index in [1.54, 1.807) is 13.8 Å². The second-order valence-corrected chi connectivity index (χ2v) is 3.47. The summed E-state index contributed by atoms with van der Waals surface area (Å²) in [6.45, 7) is 3.74. The Bertz CT molecular complexity index is 622. The van der Waals surface area contributed by atoms with Crippen LogP contribution in [0.2, 0.25) is 0 Å². The molecule has 2 rings (SSSR count). The van der Waals surface area contributed by atoms with Crippen molar-refractivity contribution in [2.75, 3.05) is 13.2 Å². The topological polar surface area (TPSA) is 107 Å². The molecule has 0 fully saturated rings. The largest absolute Gasteiger partial charge is 0.461 e. The van der Waals surface area contributed by atoms with Gasteiger partial charge in [0.25, 0.3) is 0 Å². The Labute approximate surface area is 108 Å². The molecular weight excluding hydrogens is 252 g/mol. The summed E-state index contributed by atoms with van der Waals surface area (Å²) in [7, 11) is 0. The van der Waals surface area contributed by atoms with Gasteiger partial charge in [-0.2, -0.15) is 5.10 Å². The lowest BCUT2D eigenvalue weighted by Gasteiger charge is -2.04. The smallest absolute Gasteiger partial charge is 0.376 e. The van der Waals surface area contributed by atoms with E-state index in [4.69, 9.17) is 9.47 Å². The number of rotatable bonds is 4. The van der Waals surface area contributed by atoms with Crippen molar-refractivity contribution in [2.24, 2.45) is 0 Å². The number of esters is 2. The van der Waals surface area contributed by atoms with Gasteiger partial charge in [-0.05, 0) is 13.8 Å². The van der Waals surface area contributed by atoms with Crippen LogP contribution in [0.15, 0.2) is 6.20 Å². The fourth-order valence-corrected chi connectivity index (χ4v) is 1.48. The Morgan fingerprint density at radius 2 is 1.84 bits per heavy atom. The van der Waals surface area contributed by atoms with Crippen LogP contribution in [0.5, 0.6) is 0 Å². The minimum absolute atomic E-state index is 0.0105. The normalized spacial score (nSPS) is 10.4. The first kappa shape index (κ1) is 12.9. The maximum atomic E-state index is 11.8. The third-order valence-electron chi connectivity index (χ3n) is 2.24. The van der Waals surface area contributed by atoms with Gasteiger partial charge in [-0.3, -0.25) is 5.10 Å². The summed E-state index contributed by atoms with van der Waals surface area (Å²) < 4.78 is 9.67. The first-order chi connectivity index (χ1) is 9.17. The van der Waals surface area contributed by atoms with Crippen LogP contribution >= 0.6 is 0 Å². The van der Waals surface area contributed by atoms with E-state index < -0.39 is 11.9 Å². The Morgan fingerprint density at radius 3 is 2.53 bits per heavy atom. The third kappa shape index (κ3) is 2.51. The van der Waals surface area contributed by atoms with E-state index in [1.807, 2.05) is 0 Å². The molecule has 0 unspecified atom stereocenters. The molecule has 0 amide bonds. The second kappa shape index (κ2) is 5.42. The molecule has 2 aromatic heterocycles. The Balaban J connectivity index is 2.51. The standard InChI is InChI=1S/C11H12N4O4/c1-3-18-10(16)7-6-5-12-15-8(6)14-9(13-7)11(17)19-4-2/h5H,3-4H2,1-2H3,(H,12,13,14,15). The Kier molecular flexibility index (Phi) is 3.69. The Morgan fingerprint density at radius 1 is 1.16 bits per heavy atom. The molecule has 8 heteroatoms. The summed E-state index contributed by atoms with van der Waals surface area (Å²) in [5.74, 6) is -1.55. The zero-order valence-corrected chi connectivity index (χ0v) is 10.5. The molecule has 0 aromatic carbocycles. The molecule has 8 nitrogen and oxygen atoms in total. The number of aromatic nitrogens is 4. The predicted octanol–water partition coefficient (Wildman–Crippen LogP) is 0.706. The van der Waals surface area contributed by atoms with Crippen molar-refractivity contribution >= 4 is 23.0 Å². The number of carbonyl (C=O) groups is 2. The lowest BCUT2D eigenvalue weighted by atomic mass is 10.3. The van der Waals surface area contributed by atoms with Crippen molar-refractivity contribution < 1.29 is 19.1 Å². The molecule has 0 saturated heterocycles. The SMILES string of the molecule is CCOC(=O)c1nc(C(=O)OCC)c2cn[nH]c2n1. The van der Waals surface area contributed by atoms with E-state index in [0.717, 1.165) is 0 Å². The van der Waals surface area contributed by atoms with Crippen molar-refractivity contribution in [2.45, 2.75) is 13.8 Å². The summed E-state index contributed by atoms with van der Waals surface area (Å²) in [5, 5.41) is 6.74. The minimum atomic E-state index is -0.704. The number of aromatic amines is 1. The Hall–Kier alpha value is -2.51. The van der Waals surface area contributed by atoms with E-state index in [1.165, 1.54) is 6.20 Å². The van der Waals surface area contributed by atoms with Gasteiger partial charge in [-0.25, -0.2) is 19.6 Å². The van der Waals surface area contributed by atoms with Crippen LogP contribution in [-0.2, 0) is 9.47 Å². The number of hydrogen-bond donors (Lipinski definition) is 1. The molecule has 1 N–H and O–H groups in total. The van der Waals surface area contributed by atoms with Gasteiger partial charge in [-0.1, -0.05) is 0 Å². The van der Waals surface area contributed by atoms with E-state index in [0.29, 0.717) is 5.39 Å². The fourth-order valence-electron chi connectivity index (χ4n) is 1.48. The third-order valence-corrected chi connectivity index (χ3v) is 2.24. The number of fused-ring (bicyclic) bond motifs is 1. The molecule has 0 aliphatic carbocycles. The van der Waals surface area contributed by atoms with Crippen molar-refractivity contribution in [1.29, 1.82) is 0 Å². The van der Waals surface area contributed by atoms with Crippen LogP contribution in [0.25, 0.3) is 11.0 Å². The van der Waals surface area contributed by atoms with E-state index >= 15 is 0 Å². The summed E-state index contributed by atoms with van der Waals surface area (Å²) >= 11 is 0. The van der Waals surface area contributed by atoms with Gasteiger partial charge in [0.05, 0.1) is 24.8 Å². The molecule has 0 atom stereocenters. The molecule has 0 bridgehead atoms. The van der Waals surface area contributed by atoms with Crippen molar-refractivity contribution in [1.82, 2.24) is 20.2 Å². The van der Waals surface area contributed by atoms with Gasteiger partial charge in [-0.15, -0.1) is 0 Å². The predicted molar refractivity (Wildman–Crippen MR) is 63.6 cm³/mol. The van der Waals surface area contributed by atoms with Crippen LogP contribution in [0.1, 0.15) is 35.0 Å². The zero-order valence-electron chi connectivity index (χ0n) is 10.5. The molecule has 2 heterocycles. The molecule has 100 valence electrons. The van der Waals surface area contributed by atoms with Gasteiger partial charge in [0.2, 0.25) is 5.82 Å². The maximum Gasteiger partial charge on any atom is 0.376 e. The molecule has 0 saturated carbocycles. The number of ether oxygens (including phenoxy) is 2. The van der Waals surface area contributed by atoms with E-state index in [2.05, 4.69) is 20.2 Å². The fraction of sp³-hybridized carbons (Fsp3) is 0.364. The summed E-state index contributed by atoms with van der Waals surface area (Å²) in [6, 6.07) is 0. The zero-order chi connectivity index (χ0) is 13.8. The second-order valence-electron chi connectivity index (χ2n) is 3.47. The summed E-state index contributed by atoms with van der Waals surface area (Å²) in [5.41, 5.74) is 0.268. The first-order valence-electron chi connectivity index (χ1n) is 5.72. The number of H-pyrrole nitrogens is 1. The van der Waals surface area contributed by atoms with Gasteiger partial charge in [0.15, 0.2) is 11.3 Å². The molecule has 2 aromatic rings. The van der Waals surface area contributed by atoms with Crippen molar-refractivity contribution in [3.05, 3.63) is 17.7 Å². The van der Waals surface area contributed by atoms with Gasteiger partial charge < -0.3 is 9.47 Å². The average Bonchev–Trinajstić information content (AvgIpc) is 2.86. The average molecular weight is 264 g/mol. The van der Waals surface area contributed by atoms with Crippen LogP contribution in [0, 0.1) is 0 Å². The van der Waals surface area contributed by atoms with Crippen LogP contribution < -0.4 is 0 Å².